The van der Waals surface area contributed by atoms with Gasteiger partial charge in [-0.15, -0.1) is 0 Å². The van der Waals surface area contributed by atoms with Crippen molar-refractivity contribution in [3.8, 4) is 0 Å². The van der Waals surface area contributed by atoms with Crippen LogP contribution in [0.1, 0.15) is 40.2 Å². The summed E-state index contributed by atoms with van der Waals surface area (Å²) in [5.41, 5.74) is 0.560. The predicted octanol–water partition coefficient (Wildman–Crippen LogP) is 4.73. The molecule has 1 N–H and O–H groups in total. The quantitative estimate of drug-likeness (QED) is 0.745. The first-order valence-electron chi connectivity index (χ1n) is 7.74. The fraction of sp³-hybridized carbons (Fsp3) is 0.588. The number of rotatable bonds is 6. The van der Waals surface area contributed by atoms with Gasteiger partial charge in [0.25, 0.3) is 0 Å². The average molecular weight is 361 g/mol. The molecule has 23 heavy (non-hydrogen) atoms. The van der Waals surface area contributed by atoms with E-state index in [0.717, 1.165) is 5.56 Å². The lowest BCUT2D eigenvalue weighted by molar-refractivity contribution is 0.0193. The van der Waals surface area contributed by atoms with E-state index in [9.17, 15) is 4.79 Å². The maximum absolute atomic E-state index is 12.2. The Morgan fingerprint density at radius 3 is 2.43 bits per heavy atom. The minimum absolute atomic E-state index is 0.0802. The van der Waals surface area contributed by atoms with Crippen molar-refractivity contribution in [2.24, 2.45) is 0 Å². The first-order chi connectivity index (χ1) is 10.6. The van der Waals surface area contributed by atoms with Crippen LogP contribution in [0.4, 0.5) is 4.79 Å². The van der Waals surface area contributed by atoms with Gasteiger partial charge in [0.05, 0.1) is 10.0 Å². The van der Waals surface area contributed by atoms with E-state index in [1.165, 1.54) is 0 Å². The molecule has 1 aromatic rings. The first kappa shape index (κ1) is 20.1. The van der Waals surface area contributed by atoms with Crippen molar-refractivity contribution in [1.82, 2.24) is 10.2 Å². The monoisotopic (exact) mass is 360 g/mol. The molecule has 0 bridgehead atoms. The molecule has 0 aliphatic carbocycles. The van der Waals surface area contributed by atoms with E-state index < -0.39 is 5.60 Å². The lowest BCUT2D eigenvalue weighted by atomic mass is 10.2. The topological polar surface area (TPSA) is 41.6 Å². The SMILES string of the molecule is CC(C)N(CCNCc1ccc(Cl)c(Cl)c1)C(=O)OC(C)(C)C. The van der Waals surface area contributed by atoms with Crippen molar-refractivity contribution in [3.63, 3.8) is 0 Å². The van der Waals surface area contributed by atoms with E-state index in [4.69, 9.17) is 27.9 Å². The molecule has 0 fully saturated rings. The van der Waals surface area contributed by atoms with Gasteiger partial charge in [0.2, 0.25) is 0 Å². The van der Waals surface area contributed by atoms with Gasteiger partial charge in [-0.3, -0.25) is 0 Å². The van der Waals surface area contributed by atoms with E-state index in [-0.39, 0.29) is 12.1 Å². The Labute approximate surface area is 149 Å². The number of ether oxygens (including phenoxy) is 1. The largest absolute Gasteiger partial charge is 0.444 e. The van der Waals surface area contributed by atoms with E-state index in [1.807, 2.05) is 46.8 Å². The average Bonchev–Trinajstić information content (AvgIpc) is 2.40. The van der Waals surface area contributed by atoms with Crippen LogP contribution in [-0.2, 0) is 11.3 Å². The molecule has 1 amide bonds. The highest BCUT2D eigenvalue weighted by molar-refractivity contribution is 6.42. The summed E-state index contributed by atoms with van der Waals surface area (Å²) in [6.45, 7) is 11.5. The molecular weight excluding hydrogens is 335 g/mol. The first-order valence-corrected chi connectivity index (χ1v) is 8.50. The number of nitrogens with one attached hydrogen (secondary N) is 1. The molecule has 1 aromatic carbocycles. The Balaban J connectivity index is 2.47. The standard InChI is InChI=1S/C17H26Cl2N2O2/c1-12(2)21(16(22)23-17(3,4)5)9-8-20-11-13-6-7-14(18)15(19)10-13/h6-7,10,12,20H,8-9,11H2,1-5H3. The van der Waals surface area contributed by atoms with Crippen LogP contribution in [0, 0.1) is 0 Å². The molecule has 0 unspecified atom stereocenters. The summed E-state index contributed by atoms with van der Waals surface area (Å²) in [4.78, 5) is 13.9. The molecule has 130 valence electrons. The zero-order valence-electron chi connectivity index (χ0n) is 14.5. The number of amides is 1. The second-order valence-electron chi connectivity index (χ2n) is 6.69. The van der Waals surface area contributed by atoms with Crippen LogP contribution in [0.2, 0.25) is 10.0 Å². The molecule has 0 aromatic heterocycles. The van der Waals surface area contributed by atoms with Crippen LogP contribution < -0.4 is 5.32 Å². The second kappa shape index (κ2) is 8.76. The highest BCUT2D eigenvalue weighted by Gasteiger charge is 2.23. The molecule has 1 rings (SSSR count). The zero-order valence-corrected chi connectivity index (χ0v) is 16.0. The van der Waals surface area contributed by atoms with Gasteiger partial charge in [0.15, 0.2) is 0 Å². The van der Waals surface area contributed by atoms with Crippen LogP contribution >= 0.6 is 23.2 Å². The summed E-state index contributed by atoms with van der Waals surface area (Å²) >= 11 is 11.9. The summed E-state index contributed by atoms with van der Waals surface area (Å²) in [6, 6.07) is 5.62. The Kier molecular flexibility index (Phi) is 7.65. The normalized spacial score (nSPS) is 11.7. The van der Waals surface area contributed by atoms with Gasteiger partial charge in [0.1, 0.15) is 5.60 Å². The molecule has 4 nitrogen and oxygen atoms in total. The van der Waals surface area contributed by atoms with Crippen molar-refractivity contribution in [1.29, 1.82) is 0 Å². The Morgan fingerprint density at radius 2 is 1.91 bits per heavy atom. The van der Waals surface area contributed by atoms with E-state index in [0.29, 0.717) is 29.7 Å². The van der Waals surface area contributed by atoms with Gasteiger partial charge in [-0.1, -0.05) is 29.3 Å². The van der Waals surface area contributed by atoms with Crippen LogP contribution in [0.15, 0.2) is 18.2 Å². The Morgan fingerprint density at radius 1 is 1.26 bits per heavy atom. The van der Waals surface area contributed by atoms with E-state index in [2.05, 4.69) is 5.32 Å². The highest BCUT2D eigenvalue weighted by atomic mass is 35.5. The molecule has 0 heterocycles. The number of carbonyl (C=O) groups is 1. The van der Waals surface area contributed by atoms with Crippen molar-refractivity contribution in [3.05, 3.63) is 33.8 Å². The highest BCUT2D eigenvalue weighted by Crippen LogP contribution is 2.22. The third-order valence-electron chi connectivity index (χ3n) is 3.09. The summed E-state index contributed by atoms with van der Waals surface area (Å²) < 4.78 is 5.43. The van der Waals surface area contributed by atoms with Crippen molar-refractivity contribution < 1.29 is 9.53 Å². The maximum Gasteiger partial charge on any atom is 0.410 e. The molecule has 0 saturated heterocycles. The fourth-order valence-corrected chi connectivity index (χ4v) is 2.28. The third kappa shape index (κ3) is 7.42. The van der Waals surface area contributed by atoms with Gasteiger partial charge in [-0.05, 0) is 52.3 Å². The molecule has 0 saturated carbocycles. The minimum Gasteiger partial charge on any atom is -0.444 e. The molecule has 0 atom stereocenters. The van der Waals surface area contributed by atoms with Crippen LogP contribution in [0.5, 0.6) is 0 Å². The molecular formula is C17H26Cl2N2O2. The Bertz CT molecular complexity index is 528. The molecule has 0 aliphatic rings. The molecule has 0 spiro atoms. The molecule has 0 radical (unpaired) electrons. The summed E-state index contributed by atoms with van der Waals surface area (Å²) in [6.07, 6.45) is -0.288. The summed E-state index contributed by atoms with van der Waals surface area (Å²) in [5.74, 6) is 0. The second-order valence-corrected chi connectivity index (χ2v) is 7.51. The molecule has 0 aliphatic heterocycles. The van der Waals surface area contributed by atoms with Gasteiger partial charge in [0, 0.05) is 25.7 Å². The van der Waals surface area contributed by atoms with Gasteiger partial charge >= 0.3 is 6.09 Å². The van der Waals surface area contributed by atoms with Crippen molar-refractivity contribution >= 4 is 29.3 Å². The van der Waals surface area contributed by atoms with E-state index in [1.54, 1.807) is 11.0 Å². The van der Waals surface area contributed by atoms with E-state index >= 15 is 0 Å². The number of hydrogen-bond acceptors (Lipinski definition) is 3. The smallest absolute Gasteiger partial charge is 0.410 e. The third-order valence-corrected chi connectivity index (χ3v) is 3.83. The number of nitrogens with zero attached hydrogens (tertiary/aromatic N) is 1. The lowest BCUT2D eigenvalue weighted by Gasteiger charge is -2.30. The predicted molar refractivity (Wildman–Crippen MR) is 96.2 cm³/mol. The van der Waals surface area contributed by atoms with Gasteiger partial charge in [-0.25, -0.2) is 4.79 Å². The molecule has 6 heteroatoms. The number of hydrogen-bond donors (Lipinski definition) is 1. The fourth-order valence-electron chi connectivity index (χ4n) is 1.96. The van der Waals surface area contributed by atoms with Crippen molar-refractivity contribution in [2.45, 2.75) is 52.8 Å². The van der Waals surface area contributed by atoms with Crippen LogP contribution in [0.3, 0.4) is 0 Å². The lowest BCUT2D eigenvalue weighted by Crippen LogP contribution is -2.44. The number of carbonyl (C=O) groups excluding carboxylic acids is 1. The number of halogens is 2. The summed E-state index contributed by atoms with van der Waals surface area (Å²) in [5, 5.41) is 4.39. The van der Waals surface area contributed by atoms with Gasteiger partial charge in [-0.2, -0.15) is 0 Å². The minimum atomic E-state index is -0.488. The van der Waals surface area contributed by atoms with Crippen LogP contribution in [-0.4, -0.2) is 35.7 Å². The maximum atomic E-state index is 12.2. The Hall–Kier alpha value is -0.970. The zero-order chi connectivity index (χ0) is 17.6. The summed E-state index contributed by atoms with van der Waals surface area (Å²) in [7, 11) is 0. The van der Waals surface area contributed by atoms with Gasteiger partial charge < -0.3 is 15.0 Å². The van der Waals surface area contributed by atoms with Crippen molar-refractivity contribution in [2.75, 3.05) is 13.1 Å². The van der Waals surface area contributed by atoms with Crippen LogP contribution in [0.25, 0.3) is 0 Å². The number of benzene rings is 1.